The molecule has 0 saturated carbocycles. The predicted molar refractivity (Wildman–Crippen MR) is 114 cm³/mol. The maximum absolute atomic E-state index is 12.1. The highest BCUT2D eigenvalue weighted by Crippen LogP contribution is 2.06. The summed E-state index contributed by atoms with van der Waals surface area (Å²) in [6.45, 7) is 4.04. The summed E-state index contributed by atoms with van der Waals surface area (Å²) in [6.07, 6.45) is 4.04. The average molecular weight is 381 g/mol. The molecule has 0 aromatic heterocycles. The van der Waals surface area contributed by atoms with Gasteiger partial charge in [0.1, 0.15) is 0 Å². The third kappa shape index (κ3) is 8.85. The maximum Gasteiger partial charge on any atom is 0.220 e. The Labute approximate surface area is 168 Å². The molecule has 2 amide bonds. The van der Waals surface area contributed by atoms with Crippen LogP contribution in [0.3, 0.4) is 0 Å². The van der Waals surface area contributed by atoms with Crippen molar-refractivity contribution in [1.29, 1.82) is 0 Å². The van der Waals surface area contributed by atoms with E-state index in [1.54, 1.807) is 0 Å². The number of hydrogen-bond donors (Lipinski definition) is 2. The number of benzene rings is 2. The summed E-state index contributed by atoms with van der Waals surface area (Å²) in [6, 6.07) is 20.5. The lowest BCUT2D eigenvalue weighted by atomic mass is 10.1. The van der Waals surface area contributed by atoms with Crippen molar-refractivity contribution >= 4 is 11.8 Å². The van der Waals surface area contributed by atoms with E-state index in [1.165, 1.54) is 11.1 Å². The molecule has 0 aliphatic heterocycles. The van der Waals surface area contributed by atoms with Crippen molar-refractivity contribution in [3.63, 3.8) is 0 Å². The van der Waals surface area contributed by atoms with E-state index >= 15 is 0 Å². The smallest absolute Gasteiger partial charge is 0.220 e. The van der Waals surface area contributed by atoms with Crippen LogP contribution in [-0.2, 0) is 22.4 Å². The van der Waals surface area contributed by atoms with Crippen LogP contribution in [0.1, 0.15) is 50.7 Å². The van der Waals surface area contributed by atoms with Gasteiger partial charge in [0.25, 0.3) is 0 Å². The Morgan fingerprint density at radius 3 is 1.39 bits per heavy atom. The standard InChI is InChI=1S/C24H32N2O2/c1-19(17-21-11-5-3-6-12-21)25-23(27)15-9-10-16-24(28)26-20(2)18-22-13-7-4-8-14-22/h3-8,11-14,19-20H,9-10,15-18H2,1-2H3,(H,25,27)(H,26,28)/t19-,20-/m1/s1. The molecular formula is C24H32N2O2. The molecule has 0 spiro atoms. The highest BCUT2D eigenvalue weighted by Gasteiger charge is 2.10. The molecule has 0 bridgehead atoms. The first-order valence-corrected chi connectivity index (χ1v) is 10.2. The fourth-order valence-electron chi connectivity index (χ4n) is 3.30. The highest BCUT2D eigenvalue weighted by molar-refractivity contribution is 5.77. The van der Waals surface area contributed by atoms with Gasteiger partial charge in [0.15, 0.2) is 0 Å². The third-order valence-electron chi connectivity index (χ3n) is 4.64. The number of hydrogen-bond acceptors (Lipinski definition) is 2. The third-order valence-corrected chi connectivity index (χ3v) is 4.64. The van der Waals surface area contributed by atoms with E-state index in [4.69, 9.17) is 0 Å². The van der Waals surface area contributed by atoms with Crippen molar-refractivity contribution in [3.05, 3.63) is 71.8 Å². The second-order valence-corrected chi connectivity index (χ2v) is 7.52. The molecule has 2 N–H and O–H groups in total. The van der Waals surface area contributed by atoms with Gasteiger partial charge in [-0.15, -0.1) is 0 Å². The predicted octanol–water partition coefficient (Wildman–Crippen LogP) is 4.04. The zero-order valence-electron chi connectivity index (χ0n) is 17.0. The minimum Gasteiger partial charge on any atom is -0.353 e. The molecule has 2 aromatic carbocycles. The summed E-state index contributed by atoms with van der Waals surface area (Å²) >= 11 is 0. The number of rotatable bonds is 11. The van der Waals surface area contributed by atoms with Crippen LogP contribution in [0.5, 0.6) is 0 Å². The molecule has 4 nitrogen and oxygen atoms in total. The van der Waals surface area contributed by atoms with Gasteiger partial charge in [0, 0.05) is 24.9 Å². The van der Waals surface area contributed by atoms with Crippen LogP contribution in [0.4, 0.5) is 0 Å². The average Bonchev–Trinajstić information content (AvgIpc) is 2.66. The van der Waals surface area contributed by atoms with E-state index in [9.17, 15) is 9.59 Å². The zero-order valence-corrected chi connectivity index (χ0v) is 17.0. The van der Waals surface area contributed by atoms with Crippen molar-refractivity contribution in [2.24, 2.45) is 0 Å². The van der Waals surface area contributed by atoms with E-state index in [0.717, 1.165) is 25.7 Å². The minimum absolute atomic E-state index is 0.0567. The summed E-state index contributed by atoms with van der Waals surface area (Å²) in [7, 11) is 0. The van der Waals surface area contributed by atoms with Crippen LogP contribution in [0.25, 0.3) is 0 Å². The summed E-state index contributed by atoms with van der Waals surface area (Å²) in [5, 5.41) is 6.07. The molecule has 0 fully saturated rings. The van der Waals surface area contributed by atoms with Crippen LogP contribution in [-0.4, -0.2) is 23.9 Å². The summed E-state index contributed by atoms with van der Waals surface area (Å²) in [5.41, 5.74) is 2.44. The lowest BCUT2D eigenvalue weighted by molar-refractivity contribution is -0.123. The second-order valence-electron chi connectivity index (χ2n) is 7.52. The lowest BCUT2D eigenvalue weighted by Gasteiger charge is -2.15. The lowest BCUT2D eigenvalue weighted by Crippen LogP contribution is -2.34. The van der Waals surface area contributed by atoms with Gasteiger partial charge in [-0.1, -0.05) is 60.7 Å². The fraction of sp³-hybridized carbons (Fsp3) is 0.417. The van der Waals surface area contributed by atoms with Gasteiger partial charge in [0.05, 0.1) is 0 Å². The monoisotopic (exact) mass is 380 g/mol. The van der Waals surface area contributed by atoms with E-state index in [-0.39, 0.29) is 23.9 Å². The van der Waals surface area contributed by atoms with Gasteiger partial charge in [0.2, 0.25) is 11.8 Å². The molecular weight excluding hydrogens is 348 g/mol. The first-order valence-electron chi connectivity index (χ1n) is 10.2. The van der Waals surface area contributed by atoms with Gasteiger partial charge in [-0.2, -0.15) is 0 Å². The molecule has 2 atom stereocenters. The molecule has 2 rings (SSSR count). The van der Waals surface area contributed by atoms with Crippen molar-refractivity contribution in [3.8, 4) is 0 Å². The van der Waals surface area contributed by atoms with Gasteiger partial charge < -0.3 is 10.6 Å². The Balaban J connectivity index is 1.56. The summed E-state index contributed by atoms with van der Waals surface area (Å²) < 4.78 is 0. The summed E-state index contributed by atoms with van der Waals surface area (Å²) in [5.74, 6) is 0.113. The highest BCUT2D eigenvalue weighted by atomic mass is 16.2. The number of amides is 2. The van der Waals surface area contributed by atoms with Crippen molar-refractivity contribution in [1.82, 2.24) is 10.6 Å². The Morgan fingerprint density at radius 2 is 1.04 bits per heavy atom. The van der Waals surface area contributed by atoms with Gasteiger partial charge in [-0.3, -0.25) is 9.59 Å². The van der Waals surface area contributed by atoms with Gasteiger partial charge in [-0.25, -0.2) is 0 Å². The normalized spacial score (nSPS) is 12.8. The van der Waals surface area contributed by atoms with Gasteiger partial charge >= 0.3 is 0 Å². The molecule has 2 aromatic rings. The minimum atomic E-state index is 0.0567. The molecule has 150 valence electrons. The van der Waals surface area contributed by atoms with Crippen LogP contribution in [0.2, 0.25) is 0 Å². The SMILES string of the molecule is C[C@H](Cc1ccccc1)NC(=O)CCCCC(=O)N[C@H](C)Cc1ccccc1. The molecule has 0 heterocycles. The number of nitrogens with one attached hydrogen (secondary N) is 2. The van der Waals surface area contributed by atoms with Crippen molar-refractivity contribution in [2.75, 3.05) is 0 Å². The zero-order chi connectivity index (χ0) is 20.2. The second kappa shape index (κ2) is 12.0. The first-order chi connectivity index (χ1) is 13.5. The number of carbonyl (C=O) groups excluding carboxylic acids is 2. The van der Waals surface area contributed by atoms with E-state index < -0.39 is 0 Å². The van der Waals surface area contributed by atoms with Gasteiger partial charge in [-0.05, 0) is 50.7 Å². The fourth-order valence-corrected chi connectivity index (χ4v) is 3.30. The Kier molecular flexibility index (Phi) is 9.26. The Hall–Kier alpha value is -2.62. The molecule has 4 heteroatoms. The first kappa shape index (κ1) is 21.7. The molecule has 0 aliphatic rings. The Morgan fingerprint density at radius 1 is 0.679 bits per heavy atom. The number of carbonyl (C=O) groups is 2. The molecule has 0 unspecified atom stereocenters. The maximum atomic E-state index is 12.1. The molecule has 0 saturated heterocycles. The quantitative estimate of drug-likeness (QED) is 0.578. The number of unbranched alkanes of at least 4 members (excludes halogenated alkanes) is 1. The van der Waals surface area contributed by atoms with Crippen LogP contribution >= 0.6 is 0 Å². The Bertz CT molecular complexity index is 652. The van der Waals surface area contributed by atoms with E-state index in [2.05, 4.69) is 34.9 Å². The van der Waals surface area contributed by atoms with Crippen molar-refractivity contribution in [2.45, 2.75) is 64.5 Å². The van der Waals surface area contributed by atoms with E-state index in [0.29, 0.717) is 12.8 Å². The molecule has 28 heavy (non-hydrogen) atoms. The van der Waals surface area contributed by atoms with Crippen molar-refractivity contribution < 1.29 is 9.59 Å². The van der Waals surface area contributed by atoms with Crippen LogP contribution in [0.15, 0.2) is 60.7 Å². The summed E-state index contributed by atoms with van der Waals surface area (Å²) in [4.78, 5) is 24.1. The topological polar surface area (TPSA) is 58.2 Å². The van der Waals surface area contributed by atoms with Crippen LogP contribution < -0.4 is 10.6 Å². The molecule has 0 radical (unpaired) electrons. The molecule has 0 aliphatic carbocycles. The largest absolute Gasteiger partial charge is 0.353 e. The van der Waals surface area contributed by atoms with E-state index in [1.807, 2.05) is 50.2 Å². The van der Waals surface area contributed by atoms with Crippen LogP contribution in [0, 0.1) is 0 Å².